The number of nitrogens with one attached hydrogen (secondary N) is 2. The number of nitriles is 1. The van der Waals surface area contributed by atoms with Crippen LogP contribution >= 0.6 is 0 Å². The first kappa shape index (κ1) is 11.9. The van der Waals surface area contributed by atoms with Crippen molar-refractivity contribution in [1.29, 1.82) is 5.26 Å². The molecule has 0 radical (unpaired) electrons. The van der Waals surface area contributed by atoms with Crippen molar-refractivity contribution in [2.24, 2.45) is 0 Å². The van der Waals surface area contributed by atoms with Gasteiger partial charge in [-0.2, -0.15) is 5.26 Å². The molecule has 0 bridgehead atoms. The van der Waals surface area contributed by atoms with Crippen molar-refractivity contribution in [3.63, 3.8) is 0 Å². The molecule has 0 fully saturated rings. The van der Waals surface area contributed by atoms with E-state index in [1.807, 2.05) is 12.1 Å². The number of anilines is 1. The SMILES string of the molecule is CN(CC(=O)CC#N)c1ccc2[nH]c(=O)[nH]c2c1. The number of imidazole rings is 1. The Labute approximate surface area is 103 Å². The minimum atomic E-state index is -0.259. The Morgan fingerprint density at radius 1 is 1.39 bits per heavy atom. The number of ketones is 1. The molecule has 1 heterocycles. The summed E-state index contributed by atoms with van der Waals surface area (Å²) in [7, 11) is 1.77. The largest absolute Gasteiger partial charge is 0.367 e. The second-order valence-corrected chi connectivity index (χ2v) is 4.04. The number of carbonyl (C=O) groups excluding carboxylic acids is 1. The molecule has 0 saturated heterocycles. The number of aromatic nitrogens is 2. The van der Waals surface area contributed by atoms with E-state index < -0.39 is 0 Å². The maximum Gasteiger partial charge on any atom is 0.323 e. The summed E-state index contributed by atoms with van der Waals surface area (Å²) in [6, 6.07) is 7.20. The van der Waals surface area contributed by atoms with Gasteiger partial charge in [-0.05, 0) is 18.2 Å². The van der Waals surface area contributed by atoms with Crippen LogP contribution in [-0.2, 0) is 4.79 Å². The maximum atomic E-state index is 11.4. The molecule has 0 spiro atoms. The van der Waals surface area contributed by atoms with Gasteiger partial charge in [0.25, 0.3) is 0 Å². The summed E-state index contributed by atoms with van der Waals surface area (Å²) in [4.78, 5) is 29.5. The first-order valence-corrected chi connectivity index (χ1v) is 5.42. The fraction of sp³-hybridized carbons (Fsp3) is 0.250. The van der Waals surface area contributed by atoms with Crippen molar-refractivity contribution in [2.45, 2.75) is 6.42 Å². The number of rotatable bonds is 4. The van der Waals surface area contributed by atoms with Crippen LogP contribution in [0.1, 0.15) is 6.42 Å². The van der Waals surface area contributed by atoms with E-state index in [1.165, 1.54) is 0 Å². The molecule has 92 valence electrons. The first-order chi connectivity index (χ1) is 8.60. The zero-order valence-corrected chi connectivity index (χ0v) is 9.86. The van der Waals surface area contributed by atoms with Gasteiger partial charge < -0.3 is 14.9 Å². The zero-order chi connectivity index (χ0) is 13.1. The topological polar surface area (TPSA) is 92.8 Å². The van der Waals surface area contributed by atoms with E-state index in [9.17, 15) is 9.59 Å². The normalized spacial score (nSPS) is 10.2. The molecule has 18 heavy (non-hydrogen) atoms. The summed E-state index contributed by atoms with van der Waals surface area (Å²) >= 11 is 0. The van der Waals surface area contributed by atoms with Gasteiger partial charge in [-0.1, -0.05) is 0 Å². The van der Waals surface area contributed by atoms with Crippen LogP contribution < -0.4 is 10.6 Å². The Bertz CT molecular complexity index is 677. The molecule has 0 aliphatic heterocycles. The van der Waals surface area contributed by atoms with Crippen LogP contribution in [0.5, 0.6) is 0 Å². The molecule has 2 rings (SSSR count). The summed E-state index contributed by atoms with van der Waals surface area (Å²) in [5.41, 5.74) is 1.96. The highest BCUT2D eigenvalue weighted by Gasteiger charge is 2.08. The minimum absolute atomic E-state index is 0.0897. The predicted octanol–water partition coefficient (Wildman–Crippen LogP) is 0.775. The molecule has 6 heteroatoms. The minimum Gasteiger partial charge on any atom is -0.367 e. The number of aromatic amines is 2. The number of likely N-dealkylation sites (N-methyl/N-ethyl adjacent to an activating group) is 1. The van der Waals surface area contributed by atoms with Gasteiger partial charge in [-0.25, -0.2) is 4.79 Å². The van der Waals surface area contributed by atoms with E-state index in [0.717, 1.165) is 11.2 Å². The third kappa shape index (κ3) is 2.40. The first-order valence-electron chi connectivity index (χ1n) is 5.42. The number of Topliss-reactive ketones (excluding diaryl/α,β-unsaturated/α-hetero) is 1. The smallest absolute Gasteiger partial charge is 0.323 e. The van der Waals surface area contributed by atoms with E-state index in [-0.39, 0.29) is 24.4 Å². The molecule has 6 nitrogen and oxygen atoms in total. The summed E-state index contributed by atoms with van der Waals surface area (Å²) in [6.07, 6.45) is -0.0897. The summed E-state index contributed by atoms with van der Waals surface area (Å²) in [5.74, 6) is -0.136. The highest BCUT2D eigenvalue weighted by molar-refractivity contribution is 5.86. The van der Waals surface area contributed by atoms with Crippen LogP contribution in [0.15, 0.2) is 23.0 Å². The molecule has 1 aromatic heterocycles. The van der Waals surface area contributed by atoms with Gasteiger partial charge in [0, 0.05) is 12.7 Å². The van der Waals surface area contributed by atoms with E-state index >= 15 is 0 Å². The van der Waals surface area contributed by atoms with Crippen LogP contribution in [-0.4, -0.2) is 29.3 Å². The molecular weight excluding hydrogens is 232 g/mol. The van der Waals surface area contributed by atoms with Gasteiger partial charge in [-0.3, -0.25) is 4.79 Å². The molecular formula is C12H12N4O2. The van der Waals surface area contributed by atoms with E-state index in [2.05, 4.69) is 9.97 Å². The average Bonchev–Trinajstić information content (AvgIpc) is 2.68. The molecule has 0 atom stereocenters. The number of fused-ring (bicyclic) bond motifs is 1. The highest BCUT2D eigenvalue weighted by Crippen LogP contribution is 2.17. The van der Waals surface area contributed by atoms with Crippen molar-refractivity contribution in [2.75, 3.05) is 18.5 Å². The lowest BCUT2D eigenvalue weighted by molar-refractivity contribution is -0.116. The Balaban J connectivity index is 2.22. The van der Waals surface area contributed by atoms with E-state index in [4.69, 9.17) is 5.26 Å². The maximum absolute atomic E-state index is 11.4. The van der Waals surface area contributed by atoms with Gasteiger partial charge >= 0.3 is 5.69 Å². The monoisotopic (exact) mass is 244 g/mol. The van der Waals surface area contributed by atoms with Crippen molar-refractivity contribution in [1.82, 2.24) is 9.97 Å². The quantitative estimate of drug-likeness (QED) is 0.831. The lowest BCUT2D eigenvalue weighted by Crippen LogP contribution is -2.25. The van der Waals surface area contributed by atoms with Crippen molar-refractivity contribution < 1.29 is 4.79 Å². The third-order valence-electron chi connectivity index (χ3n) is 2.63. The van der Waals surface area contributed by atoms with Gasteiger partial charge in [0.05, 0.1) is 30.1 Å². The number of hydrogen-bond acceptors (Lipinski definition) is 4. The number of carbonyl (C=O) groups is 1. The summed E-state index contributed by atoms with van der Waals surface area (Å²) < 4.78 is 0. The van der Waals surface area contributed by atoms with E-state index in [0.29, 0.717) is 5.52 Å². The number of H-pyrrole nitrogens is 2. The van der Waals surface area contributed by atoms with Crippen LogP contribution in [0, 0.1) is 11.3 Å². The average molecular weight is 244 g/mol. The van der Waals surface area contributed by atoms with Crippen molar-refractivity contribution in [3.05, 3.63) is 28.7 Å². The van der Waals surface area contributed by atoms with Gasteiger partial charge in [0.15, 0.2) is 5.78 Å². The van der Waals surface area contributed by atoms with E-state index in [1.54, 1.807) is 24.1 Å². The molecule has 0 saturated carbocycles. The second-order valence-electron chi connectivity index (χ2n) is 4.04. The fourth-order valence-electron chi connectivity index (χ4n) is 1.76. The Morgan fingerprint density at radius 2 is 2.11 bits per heavy atom. The van der Waals surface area contributed by atoms with Crippen molar-refractivity contribution >= 4 is 22.5 Å². The standard InChI is InChI=1S/C12H12N4O2/c1-16(7-9(17)4-5-13)8-2-3-10-11(6-8)15-12(18)14-10/h2-3,6H,4,7H2,1H3,(H2,14,15,18). The lowest BCUT2D eigenvalue weighted by atomic mass is 10.2. The molecule has 0 amide bonds. The molecule has 0 unspecified atom stereocenters. The molecule has 2 aromatic rings. The van der Waals surface area contributed by atoms with Crippen LogP contribution in [0.4, 0.5) is 5.69 Å². The molecule has 1 aromatic carbocycles. The molecule has 0 aliphatic rings. The Kier molecular flexibility index (Phi) is 3.15. The van der Waals surface area contributed by atoms with Crippen LogP contribution in [0.25, 0.3) is 11.0 Å². The summed E-state index contributed by atoms with van der Waals surface area (Å²) in [5, 5.41) is 8.43. The number of benzene rings is 1. The highest BCUT2D eigenvalue weighted by atomic mass is 16.1. The molecule has 0 aliphatic carbocycles. The summed E-state index contributed by atoms with van der Waals surface area (Å²) in [6.45, 7) is 0.174. The molecule has 2 N–H and O–H groups in total. The predicted molar refractivity (Wildman–Crippen MR) is 67.4 cm³/mol. The Morgan fingerprint density at radius 3 is 2.83 bits per heavy atom. The Hall–Kier alpha value is -2.55. The lowest BCUT2D eigenvalue weighted by Gasteiger charge is -2.17. The van der Waals surface area contributed by atoms with Crippen LogP contribution in [0.2, 0.25) is 0 Å². The van der Waals surface area contributed by atoms with Gasteiger partial charge in [0.2, 0.25) is 0 Å². The van der Waals surface area contributed by atoms with Crippen molar-refractivity contribution in [3.8, 4) is 6.07 Å². The third-order valence-corrected chi connectivity index (χ3v) is 2.63. The number of nitrogens with zero attached hydrogens (tertiary/aromatic N) is 2. The van der Waals surface area contributed by atoms with Crippen LogP contribution in [0.3, 0.4) is 0 Å². The zero-order valence-electron chi connectivity index (χ0n) is 9.86. The van der Waals surface area contributed by atoms with Gasteiger partial charge in [-0.15, -0.1) is 0 Å². The fourth-order valence-corrected chi connectivity index (χ4v) is 1.76. The van der Waals surface area contributed by atoms with Gasteiger partial charge in [0.1, 0.15) is 0 Å². The second kappa shape index (κ2) is 4.75. The number of hydrogen-bond donors (Lipinski definition) is 2.